The van der Waals surface area contributed by atoms with Crippen molar-refractivity contribution in [3.8, 4) is 11.5 Å². The van der Waals surface area contributed by atoms with Gasteiger partial charge in [-0.2, -0.15) is 0 Å². The molecule has 5 N–H and O–H groups in total. The molecule has 37 heavy (non-hydrogen) atoms. The molecule has 0 aliphatic heterocycles. The first-order chi connectivity index (χ1) is 17.3. The van der Waals surface area contributed by atoms with Crippen molar-refractivity contribution in [2.75, 3.05) is 11.1 Å². The summed E-state index contributed by atoms with van der Waals surface area (Å²) in [5.41, 5.74) is 17.0. The topological polar surface area (TPSA) is 78.5 Å². The Bertz CT molecular complexity index is 1180. The number of anilines is 2. The molecule has 1 atom stereocenters. The Morgan fingerprint density at radius 1 is 0.622 bits per heavy atom. The fourth-order valence-corrected chi connectivity index (χ4v) is 5.18. The number of hydrogen-bond donors (Lipinski definition) is 4. The highest BCUT2D eigenvalue weighted by Gasteiger charge is 2.21. The number of nitrogens with one attached hydrogen (secondary N) is 1. The van der Waals surface area contributed by atoms with E-state index in [4.69, 9.17) is 5.73 Å². The number of nitrogen functional groups attached to an aromatic ring is 1. The molecule has 0 heterocycles. The van der Waals surface area contributed by atoms with Crippen LogP contribution in [0.1, 0.15) is 131 Å². The number of hydrogen-bond acceptors (Lipinski definition) is 4. The lowest BCUT2D eigenvalue weighted by molar-refractivity contribution is 0.444. The van der Waals surface area contributed by atoms with E-state index in [2.05, 4.69) is 85.0 Å². The van der Waals surface area contributed by atoms with Gasteiger partial charge < -0.3 is 21.3 Å². The molecule has 0 saturated heterocycles. The van der Waals surface area contributed by atoms with Gasteiger partial charge in [0.15, 0.2) is 0 Å². The van der Waals surface area contributed by atoms with Crippen LogP contribution in [0.2, 0.25) is 0 Å². The summed E-state index contributed by atoms with van der Waals surface area (Å²) >= 11 is 0. The summed E-state index contributed by atoms with van der Waals surface area (Å²) < 4.78 is 0. The maximum absolute atomic E-state index is 10.4. The van der Waals surface area contributed by atoms with Gasteiger partial charge in [0.2, 0.25) is 0 Å². The van der Waals surface area contributed by atoms with Gasteiger partial charge in [-0.25, -0.2) is 0 Å². The van der Waals surface area contributed by atoms with Gasteiger partial charge in [0.25, 0.3) is 0 Å². The van der Waals surface area contributed by atoms with Crippen molar-refractivity contribution < 1.29 is 10.2 Å². The average Bonchev–Trinajstić information content (AvgIpc) is 2.79. The summed E-state index contributed by atoms with van der Waals surface area (Å²) in [6.07, 6.45) is 0.855. The number of nitrogens with two attached hydrogens (primary N) is 1. The largest absolute Gasteiger partial charge is 0.508 e. The highest BCUT2D eigenvalue weighted by Crippen LogP contribution is 2.39. The molecular formula is C33H46N2O2. The van der Waals surface area contributed by atoms with E-state index in [1.807, 2.05) is 6.92 Å². The van der Waals surface area contributed by atoms with Crippen molar-refractivity contribution in [1.82, 2.24) is 0 Å². The number of phenols is 2. The molecule has 0 aliphatic rings. The molecule has 4 nitrogen and oxygen atoms in total. The molecule has 0 radical (unpaired) electrons. The second-order valence-electron chi connectivity index (χ2n) is 11.7. The van der Waals surface area contributed by atoms with Crippen LogP contribution in [0.15, 0.2) is 42.5 Å². The van der Waals surface area contributed by atoms with Gasteiger partial charge in [-0.15, -0.1) is 0 Å². The Morgan fingerprint density at radius 2 is 1.05 bits per heavy atom. The Labute approximate surface area is 223 Å². The molecule has 3 aromatic rings. The summed E-state index contributed by atoms with van der Waals surface area (Å²) in [5, 5.41) is 23.9. The highest BCUT2D eigenvalue weighted by atomic mass is 16.3. The molecule has 0 aromatic heterocycles. The molecule has 3 rings (SSSR count). The SMILES string of the molecule is CC(C)c1cc(Cc2cc(C(C)C)c(NC(C)c3ccc(O)cc3O)c(C(C)C)c2)cc(C(C)C)c1N. The van der Waals surface area contributed by atoms with Crippen LogP contribution in [0.4, 0.5) is 11.4 Å². The predicted molar refractivity (Wildman–Crippen MR) is 158 cm³/mol. The monoisotopic (exact) mass is 502 g/mol. The van der Waals surface area contributed by atoms with Crippen LogP contribution in [0.25, 0.3) is 0 Å². The number of rotatable bonds is 9. The molecule has 0 bridgehead atoms. The lowest BCUT2D eigenvalue weighted by Crippen LogP contribution is -2.13. The predicted octanol–water partition coefficient (Wildman–Crippen LogP) is 8.94. The molecule has 4 heteroatoms. The second-order valence-corrected chi connectivity index (χ2v) is 11.7. The van der Waals surface area contributed by atoms with Gasteiger partial charge in [0.1, 0.15) is 11.5 Å². The smallest absolute Gasteiger partial charge is 0.124 e. The third-order valence-electron chi connectivity index (χ3n) is 7.30. The number of phenolic OH excluding ortho intramolecular Hbond substituents is 2. The van der Waals surface area contributed by atoms with Gasteiger partial charge >= 0.3 is 0 Å². The minimum Gasteiger partial charge on any atom is -0.508 e. The molecule has 0 saturated carbocycles. The van der Waals surface area contributed by atoms with Crippen molar-refractivity contribution in [3.05, 3.63) is 81.4 Å². The van der Waals surface area contributed by atoms with Crippen LogP contribution in [0, 0.1) is 0 Å². The van der Waals surface area contributed by atoms with E-state index >= 15 is 0 Å². The maximum Gasteiger partial charge on any atom is 0.124 e. The fourth-order valence-electron chi connectivity index (χ4n) is 5.18. The van der Waals surface area contributed by atoms with Crippen LogP contribution < -0.4 is 11.1 Å². The zero-order valence-electron chi connectivity index (χ0n) is 24.1. The summed E-state index contributed by atoms with van der Waals surface area (Å²) in [5.74, 6) is 1.55. The molecular weight excluding hydrogens is 456 g/mol. The Balaban J connectivity index is 2.07. The van der Waals surface area contributed by atoms with Crippen LogP contribution in [-0.2, 0) is 6.42 Å². The minimum atomic E-state index is -0.124. The normalized spacial score (nSPS) is 12.7. The third kappa shape index (κ3) is 6.41. The maximum atomic E-state index is 10.4. The molecule has 0 spiro atoms. The van der Waals surface area contributed by atoms with E-state index in [1.54, 1.807) is 12.1 Å². The Kier molecular flexibility index (Phi) is 8.84. The zero-order valence-corrected chi connectivity index (χ0v) is 24.1. The fraction of sp³-hybridized carbons (Fsp3) is 0.455. The first-order valence-corrected chi connectivity index (χ1v) is 13.7. The van der Waals surface area contributed by atoms with Gasteiger partial charge in [-0.3, -0.25) is 0 Å². The van der Waals surface area contributed by atoms with E-state index in [9.17, 15) is 10.2 Å². The lowest BCUT2D eigenvalue weighted by atomic mass is 9.86. The van der Waals surface area contributed by atoms with E-state index in [0.29, 0.717) is 23.7 Å². The number of aromatic hydroxyl groups is 2. The lowest BCUT2D eigenvalue weighted by Gasteiger charge is -2.26. The first-order valence-electron chi connectivity index (χ1n) is 13.7. The molecule has 200 valence electrons. The highest BCUT2D eigenvalue weighted by molar-refractivity contribution is 5.64. The average molecular weight is 503 g/mol. The number of benzene rings is 3. The van der Waals surface area contributed by atoms with Crippen molar-refractivity contribution in [2.45, 2.75) is 98.4 Å². The van der Waals surface area contributed by atoms with Gasteiger partial charge in [0.05, 0.1) is 6.04 Å². The molecule has 1 unspecified atom stereocenters. The molecule has 0 amide bonds. The standard InChI is InChI=1S/C33H46N2O2/c1-18(2)27-13-23(14-28(19(3)4)32(27)34)12-24-15-29(20(5)6)33(30(16-24)21(7)8)35-22(9)26-11-10-25(36)17-31(26)37/h10-11,13-22,35-37H,12,34H2,1-9H3. The van der Waals surface area contributed by atoms with Crippen LogP contribution in [0.5, 0.6) is 11.5 Å². The summed E-state index contributed by atoms with van der Waals surface area (Å²) in [7, 11) is 0. The molecule has 3 aromatic carbocycles. The van der Waals surface area contributed by atoms with E-state index in [0.717, 1.165) is 23.4 Å². The van der Waals surface area contributed by atoms with Gasteiger partial charge in [-0.05, 0) is 82.5 Å². The molecule has 0 fully saturated rings. The zero-order chi connectivity index (χ0) is 27.6. The Hall–Kier alpha value is -3.14. The van der Waals surface area contributed by atoms with Crippen molar-refractivity contribution in [2.24, 2.45) is 0 Å². The summed E-state index contributed by atoms with van der Waals surface area (Å²) in [6, 6.07) is 13.9. The van der Waals surface area contributed by atoms with Gasteiger partial charge in [-0.1, -0.05) is 79.7 Å². The minimum absolute atomic E-state index is 0.0625. The second kappa shape index (κ2) is 11.5. The van der Waals surface area contributed by atoms with Crippen LogP contribution in [-0.4, -0.2) is 10.2 Å². The Morgan fingerprint density at radius 3 is 1.46 bits per heavy atom. The first kappa shape index (κ1) is 28.4. The summed E-state index contributed by atoms with van der Waals surface area (Å²) in [6.45, 7) is 19.8. The van der Waals surface area contributed by atoms with Gasteiger partial charge in [0, 0.05) is 23.0 Å². The van der Waals surface area contributed by atoms with E-state index < -0.39 is 0 Å². The quantitative estimate of drug-likeness (QED) is 0.220. The van der Waals surface area contributed by atoms with Crippen LogP contribution >= 0.6 is 0 Å². The van der Waals surface area contributed by atoms with Crippen molar-refractivity contribution in [3.63, 3.8) is 0 Å². The third-order valence-corrected chi connectivity index (χ3v) is 7.30. The van der Waals surface area contributed by atoms with E-state index in [1.165, 1.54) is 39.4 Å². The van der Waals surface area contributed by atoms with Crippen LogP contribution in [0.3, 0.4) is 0 Å². The summed E-state index contributed by atoms with van der Waals surface area (Å²) in [4.78, 5) is 0. The van der Waals surface area contributed by atoms with Crippen molar-refractivity contribution in [1.29, 1.82) is 0 Å². The molecule has 0 aliphatic carbocycles. The van der Waals surface area contributed by atoms with Crippen molar-refractivity contribution >= 4 is 11.4 Å². The van der Waals surface area contributed by atoms with E-state index in [-0.39, 0.29) is 17.5 Å².